The maximum atomic E-state index is 12.2. The highest BCUT2D eigenvalue weighted by molar-refractivity contribution is 9.10. The number of pyridine rings is 6. The fourth-order valence-corrected chi connectivity index (χ4v) is 16.4. The zero-order chi connectivity index (χ0) is 107. The fraction of sp³-hybridized carbons (Fsp3) is 0.229. The van der Waals surface area contributed by atoms with Gasteiger partial charge in [0.05, 0.1) is 118 Å². The second-order valence-corrected chi connectivity index (χ2v) is 40.5. The Hall–Kier alpha value is -15.4. The molecule has 0 aliphatic rings. The number of aryl methyl sites for hydroxylation is 19. The van der Waals surface area contributed by atoms with Crippen molar-refractivity contribution in [2.75, 3.05) is 18.1 Å². The number of benzene rings is 6. The molecule has 0 aliphatic carbocycles. The van der Waals surface area contributed by atoms with Gasteiger partial charge in [0.25, 0.3) is 10.5 Å². The molecule has 6 aromatic carbocycles. The van der Waals surface area contributed by atoms with Crippen molar-refractivity contribution in [3.8, 4) is 55.6 Å². The van der Waals surface area contributed by atoms with Gasteiger partial charge in [-0.25, -0.2) is 9.78 Å². The van der Waals surface area contributed by atoms with E-state index >= 15 is 0 Å². The summed E-state index contributed by atoms with van der Waals surface area (Å²) >= 11 is 23.4. The number of nitrogen functional groups attached to an aromatic ring is 1. The number of rotatable bonds is 10. The molecular formula is C96H96BBrCl4N19O22P. The number of H-pyrrole nitrogens is 4. The van der Waals surface area contributed by atoms with E-state index in [2.05, 4.69) is 150 Å². The first-order valence-electron chi connectivity index (χ1n) is 43.2. The number of imidazole rings is 1. The minimum absolute atomic E-state index is 0.0298. The van der Waals surface area contributed by atoms with Crippen LogP contribution < -0.4 is 38.5 Å². The molecule has 0 bridgehead atoms. The first-order valence-corrected chi connectivity index (χ1v) is 48.7. The number of hydrogen-bond donors (Lipinski definition) is 10. The number of nitro groups is 2. The van der Waals surface area contributed by atoms with Gasteiger partial charge in [-0.2, -0.15) is 0 Å². The molecule has 41 nitrogen and oxygen atoms in total. The van der Waals surface area contributed by atoms with Crippen LogP contribution in [0.5, 0.6) is 0 Å². The molecule has 750 valence electrons. The molecule has 0 aliphatic heterocycles. The van der Waals surface area contributed by atoms with Crippen LogP contribution in [0.3, 0.4) is 0 Å². The number of carbonyl (C=O) groups is 1. The van der Waals surface area contributed by atoms with Gasteiger partial charge in [0.15, 0.2) is 10.9 Å². The van der Waals surface area contributed by atoms with Gasteiger partial charge >= 0.3 is 35.4 Å². The van der Waals surface area contributed by atoms with E-state index in [0.717, 1.165) is 200 Å². The number of anilines is 2. The number of carboxylic acids is 1. The number of halogens is 5. The summed E-state index contributed by atoms with van der Waals surface area (Å²) < 4.78 is 43.0. The van der Waals surface area contributed by atoms with E-state index in [-0.39, 0.29) is 33.7 Å². The number of carboxylic acid groups (broad SMARTS) is 1. The average Bonchev–Trinajstić information content (AvgIpc) is 1.56. The van der Waals surface area contributed by atoms with Gasteiger partial charge in [0.2, 0.25) is 0 Å². The maximum Gasteiger partial charge on any atom is 0.494 e. The quantitative estimate of drug-likeness (QED) is 0.0263. The maximum absolute atomic E-state index is 12.2. The molecule has 19 rings (SSSR count). The lowest BCUT2D eigenvalue weighted by Crippen LogP contribution is -2.32. The summed E-state index contributed by atoms with van der Waals surface area (Å²) in [4.78, 5) is 110. The Morgan fingerprint density at radius 1 is 0.493 bits per heavy atom. The molecule has 0 spiro atoms. The normalized spacial score (nSPS) is 10.8. The number of hydrogen-bond acceptors (Lipinski definition) is 31. The van der Waals surface area contributed by atoms with Crippen LogP contribution >= 0.6 is 66.5 Å². The molecule has 0 saturated heterocycles. The predicted molar refractivity (Wildman–Crippen MR) is 557 cm³/mol. The summed E-state index contributed by atoms with van der Waals surface area (Å²) in [5.74, 6) is 3.51. The minimum atomic E-state index is -3.22. The van der Waals surface area contributed by atoms with Crippen molar-refractivity contribution < 1.29 is 71.8 Å². The standard InChI is InChI=1S/C17H16N4O2.C16H18N4O.C15H12ClN3O3.C15H13N3O4.C15H14N2O2.C10H8BrNO.C5H8BNO3.C3H6O2.Cl3OP.HNO3/c1-8-5-12-13(6-11(8)15-9(2)20-23-10(15)3)18-7-14-16(12)21(4)17(22)19-14;1-8-5-12-14(19-7-13(17)16(12)18-4)6-11(8)15-9(2)20-21-10(15)3;1-7-4-11-12(17-6-13(15(11)16)19(20)21)5-10(7)14-8(2)18-22-9(14)3;1-7-4-11-12(16-6-13(15(11)19)18(20)21)5-10(7)14-8(2)17-22-9(14)3;1-8-6-12-13(16-5-4-14(12)18)7-11(8)15-9(2)17-19-10(15)3;1-6-4-7-9(5-8(6)11)12-3-2-10(7)13;1-3-5(6(8)9)4(2)10-7-3;1-2-3(4)5;1-5(2,3)4;2-1(3)4/h5-7H,1-4H3,(H,19,22);5-7H,17H2,1-4H3,(H,18,19);4-6H,1-3H3;4-6H,1-3H3,(H,16,19);4-7H,1-3H3,(H,16,18);2-5H,1H3,(H,12,13);8-9H,1-2H3;2H2,1H3,(H,4,5);;(H,2,3,4). The van der Waals surface area contributed by atoms with Crippen LogP contribution in [0, 0.1) is 155 Å². The molecule has 0 fully saturated rings. The molecule has 0 atom stereocenters. The third-order valence-electron chi connectivity index (χ3n) is 22.6. The topological polar surface area (TPSA) is 614 Å². The first kappa shape index (κ1) is 111. The molecule has 11 N–H and O–H groups in total. The lowest BCUT2D eigenvalue weighted by atomic mass is 9.79. The Kier molecular flexibility index (Phi) is 36.1. The molecule has 0 radical (unpaired) electrons. The summed E-state index contributed by atoms with van der Waals surface area (Å²) in [6.07, 6.45) is 9.23. The smallest absolute Gasteiger partial charge is 0.481 e. The zero-order valence-electron chi connectivity index (χ0n) is 81.2. The molecule has 19 aromatic rings. The molecule has 0 saturated carbocycles. The van der Waals surface area contributed by atoms with Crippen LogP contribution in [0.4, 0.5) is 22.7 Å². The monoisotopic (exact) mass is 2130 g/mol. The SMILES string of the molecule is CCC(=O)O.CNc1c(N)cnc2cc(-c3c(C)noc3C)c(C)cc12.Cc1cc2c(=O)c([N+](=O)[O-])c[nH]c2cc1-c1c(C)noc1C.Cc1cc2c(=O)cc[nH]c2cc1-c1c(C)noc1C.Cc1cc2c(=O)cc[nH]c2cc1Br.Cc1cc2c(Cl)c([N+](=O)[O-])cnc2cc1-c1c(C)noc1C.Cc1cc2c(cc1-c1c(C)noc1C)ncc1[nH]c(=O)n(C)c12.Cc1noc(C)c1B(O)O.O=P(Cl)(Cl)Cl.O=[N+]([O-])O. The van der Waals surface area contributed by atoms with E-state index < -0.39 is 44.3 Å². The van der Waals surface area contributed by atoms with Crippen molar-refractivity contribution in [1.29, 1.82) is 0 Å². The predicted octanol–water partition coefficient (Wildman–Crippen LogP) is 21.5. The second kappa shape index (κ2) is 47.0. The van der Waals surface area contributed by atoms with E-state index in [4.69, 9.17) is 70.4 Å². The lowest BCUT2D eigenvalue weighted by molar-refractivity contribution is -0.742. The number of nitrogens with one attached hydrogen (secondary N) is 5. The van der Waals surface area contributed by atoms with Crippen LogP contribution in [0.2, 0.25) is 5.02 Å². The molecule has 144 heavy (non-hydrogen) atoms. The molecule has 0 amide bonds. The van der Waals surface area contributed by atoms with Gasteiger partial charge in [-0.3, -0.25) is 58.5 Å². The summed E-state index contributed by atoms with van der Waals surface area (Å²) in [7, 11) is 2.15. The highest BCUT2D eigenvalue weighted by atomic mass is 79.9. The highest BCUT2D eigenvalue weighted by Gasteiger charge is 2.26. The molecule has 48 heteroatoms. The van der Waals surface area contributed by atoms with Crippen LogP contribution in [-0.2, 0) is 16.4 Å². The number of nitrogens with two attached hydrogens (primary N) is 1. The summed E-state index contributed by atoms with van der Waals surface area (Å²) in [5, 5.41) is 88.4. The van der Waals surface area contributed by atoms with E-state index in [1.807, 2.05) is 147 Å². The van der Waals surface area contributed by atoms with Gasteiger partial charge in [-0.15, -0.1) is 10.1 Å². The van der Waals surface area contributed by atoms with Gasteiger partial charge in [0.1, 0.15) is 45.8 Å². The Labute approximate surface area is 844 Å². The molecular weight excluding hydrogens is 2030 g/mol. The van der Waals surface area contributed by atoms with Crippen LogP contribution in [0.15, 0.2) is 173 Å². The van der Waals surface area contributed by atoms with Crippen molar-refractivity contribution in [1.82, 2.24) is 70.4 Å². The van der Waals surface area contributed by atoms with Crippen LogP contribution in [0.25, 0.3) is 132 Å². The summed E-state index contributed by atoms with van der Waals surface area (Å²) in [5.41, 5.74) is 33.4. The van der Waals surface area contributed by atoms with Gasteiger partial charge < -0.3 is 78.5 Å². The van der Waals surface area contributed by atoms with Gasteiger partial charge in [-0.05, 0) is 292 Å². The summed E-state index contributed by atoms with van der Waals surface area (Å²) in [6.45, 7) is 35.6. The zero-order valence-corrected chi connectivity index (χ0v) is 86.7. The fourth-order valence-electron chi connectivity index (χ4n) is 15.8. The third-order valence-corrected chi connectivity index (χ3v) is 23.8. The van der Waals surface area contributed by atoms with Crippen molar-refractivity contribution >= 4 is 184 Å². The van der Waals surface area contributed by atoms with Gasteiger partial charge in [0, 0.05) is 115 Å². The van der Waals surface area contributed by atoms with E-state index in [1.54, 1.807) is 75.4 Å². The van der Waals surface area contributed by atoms with E-state index in [0.29, 0.717) is 61.3 Å². The molecule has 13 heterocycles. The van der Waals surface area contributed by atoms with E-state index in [9.17, 15) is 48.8 Å². The Balaban J connectivity index is 0.000000170. The lowest BCUT2D eigenvalue weighted by Gasteiger charge is -2.12. The van der Waals surface area contributed by atoms with Crippen LogP contribution in [0.1, 0.15) is 115 Å². The number of fused-ring (bicyclic) bond motifs is 8. The average molecular weight is 2130 g/mol. The Morgan fingerprint density at radius 3 is 1.19 bits per heavy atom. The molecule has 0 unspecified atom stereocenters. The number of nitrogens with zero attached hydrogens (tertiary/aromatic N) is 13. The number of aromatic nitrogens is 14. The van der Waals surface area contributed by atoms with Crippen molar-refractivity contribution in [2.45, 2.75) is 138 Å². The summed E-state index contributed by atoms with van der Waals surface area (Å²) in [6, 6.07) is 26.2. The van der Waals surface area contributed by atoms with E-state index in [1.165, 1.54) is 18.3 Å². The van der Waals surface area contributed by atoms with Crippen molar-refractivity contribution in [2.24, 2.45) is 7.05 Å². The Morgan fingerprint density at radius 2 is 0.826 bits per heavy atom. The molecule has 13 aromatic heterocycles. The third kappa shape index (κ3) is 25.7. The Bertz CT molecular complexity index is 8340. The van der Waals surface area contributed by atoms with Crippen LogP contribution in [-0.4, -0.2) is 126 Å². The highest BCUT2D eigenvalue weighted by Crippen LogP contribution is 2.61. The second-order valence-electron chi connectivity index (χ2n) is 32.6. The van der Waals surface area contributed by atoms with Gasteiger partial charge in [-0.1, -0.05) is 65.4 Å². The number of aliphatic carboxylic acids is 1. The largest absolute Gasteiger partial charge is 0.494 e. The van der Waals surface area contributed by atoms with Crippen molar-refractivity contribution in [3.63, 3.8) is 0 Å². The number of aromatic amines is 4. The van der Waals surface area contributed by atoms with Crippen molar-refractivity contribution in [3.05, 3.63) is 305 Å². The minimum Gasteiger partial charge on any atom is -0.481 e. The first-order chi connectivity index (χ1) is 67.7.